The maximum Gasteiger partial charge on any atom is 0.254 e. The number of likely N-dealkylation sites (tertiary alicyclic amines) is 1. The molecule has 1 amide bonds. The Hall–Kier alpha value is -2.41. The van der Waals surface area contributed by atoms with Gasteiger partial charge in [-0.15, -0.1) is 0 Å². The van der Waals surface area contributed by atoms with Crippen LogP contribution in [0.5, 0.6) is 0 Å². The highest BCUT2D eigenvalue weighted by Gasteiger charge is 2.27. The number of rotatable bonds is 5. The summed E-state index contributed by atoms with van der Waals surface area (Å²) < 4.78 is 32.6. The lowest BCUT2D eigenvalue weighted by Crippen LogP contribution is -2.36. The summed E-state index contributed by atoms with van der Waals surface area (Å²) in [4.78, 5) is 26.0. The summed E-state index contributed by atoms with van der Waals surface area (Å²) in [7, 11) is 0. The van der Waals surface area contributed by atoms with Crippen LogP contribution < -0.4 is 4.72 Å². The van der Waals surface area contributed by atoms with Gasteiger partial charge in [-0.2, -0.15) is 0 Å². The van der Waals surface area contributed by atoms with Gasteiger partial charge in [0.2, 0.25) is 0 Å². The predicted octanol–water partition coefficient (Wildman–Crippen LogP) is 5.14. The molecule has 1 saturated heterocycles. The van der Waals surface area contributed by atoms with Crippen LogP contribution in [0.3, 0.4) is 0 Å². The number of hydrogen-bond acceptors (Lipinski definition) is 4. The van der Waals surface area contributed by atoms with E-state index in [2.05, 4.69) is 4.72 Å². The molecule has 0 aliphatic carbocycles. The fourth-order valence-electron chi connectivity index (χ4n) is 3.40. The lowest BCUT2D eigenvalue weighted by Gasteiger charge is -2.28. The Kier molecular flexibility index (Phi) is 6.34. The second-order valence-electron chi connectivity index (χ2n) is 6.88. The molecule has 28 heavy (non-hydrogen) atoms. The van der Waals surface area contributed by atoms with E-state index in [1.54, 1.807) is 29.2 Å². The van der Waals surface area contributed by atoms with Gasteiger partial charge in [0, 0.05) is 34.7 Å². The number of aldehydes is 1. The molecular formula is C21H22F2N2O2S. The van der Waals surface area contributed by atoms with E-state index in [0.717, 1.165) is 31.2 Å². The first-order valence-electron chi connectivity index (χ1n) is 9.19. The summed E-state index contributed by atoms with van der Waals surface area (Å²) in [5, 5.41) is 0. The molecule has 148 valence electrons. The van der Waals surface area contributed by atoms with Crippen molar-refractivity contribution in [2.24, 2.45) is 0 Å². The van der Waals surface area contributed by atoms with E-state index in [1.165, 1.54) is 13.8 Å². The standard InChI is InChI=1S/C21H22F2N2O2S/c1-13-17(21(27)25-9-4-3-5-10-25)14(2)19(23)20(18(13)22)24-28-16-8-6-7-15(11-16)12-26/h6-8,11-12,24H,3-5,9-10H2,1-2H3. The van der Waals surface area contributed by atoms with Crippen LogP contribution in [0, 0.1) is 25.5 Å². The smallest absolute Gasteiger partial charge is 0.254 e. The molecule has 4 nitrogen and oxygen atoms in total. The summed E-state index contributed by atoms with van der Waals surface area (Å²) in [6, 6.07) is 6.69. The van der Waals surface area contributed by atoms with Gasteiger partial charge in [-0.05, 0) is 57.2 Å². The Morgan fingerprint density at radius 1 is 1.11 bits per heavy atom. The third kappa shape index (κ3) is 4.04. The minimum absolute atomic E-state index is 0.107. The maximum absolute atomic E-state index is 14.9. The molecule has 0 unspecified atom stereocenters. The van der Waals surface area contributed by atoms with E-state index in [9.17, 15) is 18.4 Å². The zero-order chi connectivity index (χ0) is 20.3. The molecule has 1 heterocycles. The monoisotopic (exact) mass is 404 g/mol. The van der Waals surface area contributed by atoms with Crippen LogP contribution in [-0.2, 0) is 0 Å². The molecule has 2 aromatic carbocycles. The normalized spacial score (nSPS) is 14.1. The van der Waals surface area contributed by atoms with Gasteiger partial charge < -0.3 is 9.62 Å². The van der Waals surface area contributed by atoms with Gasteiger partial charge >= 0.3 is 0 Å². The van der Waals surface area contributed by atoms with Crippen molar-refractivity contribution in [1.82, 2.24) is 4.90 Å². The molecule has 3 rings (SSSR count). The van der Waals surface area contributed by atoms with E-state index in [1.807, 2.05) is 0 Å². The predicted molar refractivity (Wildman–Crippen MR) is 107 cm³/mol. The molecule has 0 atom stereocenters. The van der Waals surface area contributed by atoms with Crippen molar-refractivity contribution in [3.05, 3.63) is 58.2 Å². The fraction of sp³-hybridized carbons (Fsp3) is 0.333. The number of anilines is 1. The molecule has 0 radical (unpaired) electrons. The van der Waals surface area contributed by atoms with E-state index in [4.69, 9.17) is 0 Å². The van der Waals surface area contributed by atoms with Gasteiger partial charge in [-0.1, -0.05) is 12.1 Å². The summed E-state index contributed by atoms with van der Waals surface area (Å²) in [5.41, 5.74) is 0.572. The van der Waals surface area contributed by atoms with E-state index in [0.29, 0.717) is 29.8 Å². The van der Waals surface area contributed by atoms with Crippen LogP contribution in [0.1, 0.15) is 51.1 Å². The first-order valence-corrected chi connectivity index (χ1v) is 10.0. The largest absolute Gasteiger partial charge is 0.339 e. The molecular weight excluding hydrogens is 382 g/mol. The summed E-state index contributed by atoms with van der Waals surface area (Å²) >= 11 is 1.01. The minimum Gasteiger partial charge on any atom is -0.339 e. The summed E-state index contributed by atoms with van der Waals surface area (Å²) in [5.74, 6) is -1.87. The Labute approximate surface area is 167 Å². The van der Waals surface area contributed by atoms with E-state index >= 15 is 0 Å². The topological polar surface area (TPSA) is 49.4 Å². The van der Waals surface area contributed by atoms with Crippen LogP contribution in [0.2, 0.25) is 0 Å². The highest BCUT2D eigenvalue weighted by Crippen LogP contribution is 2.33. The van der Waals surface area contributed by atoms with Gasteiger partial charge in [-0.3, -0.25) is 9.59 Å². The van der Waals surface area contributed by atoms with Gasteiger partial charge in [0.05, 0.1) is 5.56 Å². The van der Waals surface area contributed by atoms with E-state index in [-0.39, 0.29) is 28.3 Å². The third-order valence-corrected chi connectivity index (χ3v) is 5.77. The Balaban J connectivity index is 1.89. The first-order chi connectivity index (χ1) is 13.4. The lowest BCUT2D eigenvalue weighted by atomic mass is 9.98. The van der Waals surface area contributed by atoms with Crippen LogP contribution in [0.15, 0.2) is 29.2 Å². The number of nitrogens with zero attached hydrogens (tertiary/aromatic N) is 1. The number of piperidine rings is 1. The number of amides is 1. The van der Waals surface area contributed by atoms with Gasteiger partial charge in [0.15, 0.2) is 11.6 Å². The first kappa shape index (κ1) is 20.3. The average molecular weight is 404 g/mol. The van der Waals surface area contributed by atoms with Crippen LogP contribution in [0.4, 0.5) is 14.5 Å². The van der Waals surface area contributed by atoms with Gasteiger partial charge in [0.1, 0.15) is 12.0 Å². The molecule has 0 spiro atoms. The molecule has 1 fully saturated rings. The SMILES string of the molecule is Cc1c(F)c(NSc2cccc(C=O)c2)c(F)c(C)c1C(=O)N1CCCCC1. The lowest BCUT2D eigenvalue weighted by molar-refractivity contribution is 0.0721. The van der Waals surface area contributed by atoms with Crippen molar-refractivity contribution in [2.75, 3.05) is 17.8 Å². The quantitative estimate of drug-likeness (QED) is 0.554. The van der Waals surface area contributed by atoms with Gasteiger partial charge in [-0.25, -0.2) is 8.78 Å². The number of benzene rings is 2. The number of hydrogen-bond donors (Lipinski definition) is 1. The molecule has 0 aromatic heterocycles. The molecule has 0 saturated carbocycles. The number of carbonyl (C=O) groups is 2. The summed E-state index contributed by atoms with van der Waals surface area (Å²) in [6.07, 6.45) is 3.59. The second kappa shape index (κ2) is 8.73. The van der Waals surface area contributed by atoms with Crippen molar-refractivity contribution in [3.63, 3.8) is 0 Å². The molecule has 1 aliphatic heterocycles. The molecule has 0 bridgehead atoms. The van der Waals surface area contributed by atoms with Crippen LogP contribution in [-0.4, -0.2) is 30.2 Å². The number of nitrogens with one attached hydrogen (secondary N) is 1. The third-order valence-electron chi connectivity index (χ3n) is 4.97. The zero-order valence-electron chi connectivity index (χ0n) is 15.9. The second-order valence-corrected chi connectivity index (χ2v) is 7.75. The van der Waals surface area contributed by atoms with Crippen molar-refractivity contribution >= 4 is 29.8 Å². The average Bonchev–Trinajstić information content (AvgIpc) is 2.73. The Bertz CT molecular complexity index is 883. The molecule has 7 heteroatoms. The number of halogens is 2. The number of carbonyl (C=O) groups excluding carboxylic acids is 2. The Morgan fingerprint density at radius 2 is 1.75 bits per heavy atom. The highest BCUT2D eigenvalue weighted by molar-refractivity contribution is 8.00. The highest BCUT2D eigenvalue weighted by atomic mass is 32.2. The van der Waals surface area contributed by atoms with Crippen LogP contribution in [0.25, 0.3) is 0 Å². The van der Waals surface area contributed by atoms with Crippen molar-refractivity contribution < 1.29 is 18.4 Å². The van der Waals surface area contributed by atoms with Crippen molar-refractivity contribution in [1.29, 1.82) is 0 Å². The maximum atomic E-state index is 14.9. The van der Waals surface area contributed by atoms with Crippen molar-refractivity contribution in [3.8, 4) is 0 Å². The Morgan fingerprint density at radius 3 is 2.36 bits per heavy atom. The zero-order valence-corrected chi connectivity index (χ0v) is 16.7. The van der Waals surface area contributed by atoms with E-state index < -0.39 is 11.6 Å². The van der Waals surface area contributed by atoms with Gasteiger partial charge in [0.25, 0.3) is 5.91 Å². The molecule has 2 aromatic rings. The van der Waals surface area contributed by atoms with Crippen molar-refractivity contribution in [2.45, 2.75) is 38.0 Å². The fourth-order valence-corrected chi connectivity index (χ4v) is 4.14. The minimum atomic E-state index is -0.775. The molecule has 1 aliphatic rings. The van der Waals surface area contributed by atoms with Crippen LogP contribution >= 0.6 is 11.9 Å². The summed E-state index contributed by atoms with van der Waals surface area (Å²) in [6.45, 7) is 4.23. The molecule has 1 N–H and O–H groups in total.